The van der Waals surface area contributed by atoms with Gasteiger partial charge in [-0.2, -0.15) is 0 Å². The summed E-state index contributed by atoms with van der Waals surface area (Å²) < 4.78 is 5.45. The fourth-order valence-electron chi connectivity index (χ4n) is 4.23. The maximum Gasteiger partial charge on any atom is 0.417 e. The summed E-state index contributed by atoms with van der Waals surface area (Å²) in [5.74, 6) is 3.01. The Morgan fingerprint density at radius 2 is 1.87 bits per heavy atom. The normalized spacial score (nSPS) is 25.3. The molecule has 0 aliphatic heterocycles. The standard InChI is InChI=1S/C20H21NO2/c22-20(21-17-6-2-1-3-7-17)23-18-8-4-5-15(13-18)19-12-14-9-10-16(19)11-14/h1-8,13-14,16,19H,9-12H2,(H,21,22)/t14-,16-,19+/m1/s1. The first-order chi connectivity index (χ1) is 11.3. The second kappa shape index (κ2) is 6.07. The molecule has 1 N–H and O–H groups in total. The third kappa shape index (κ3) is 3.09. The van der Waals surface area contributed by atoms with Crippen LogP contribution in [-0.2, 0) is 0 Å². The number of anilines is 1. The number of carbonyl (C=O) groups is 1. The predicted octanol–water partition coefficient (Wildman–Crippen LogP) is 5.20. The third-order valence-electron chi connectivity index (χ3n) is 5.26. The van der Waals surface area contributed by atoms with Crippen molar-refractivity contribution < 1.29 is 9.53 Å². The SMILES string of the molecule is O=C(Nc1ccccc1)Oc1cccc([C@@H]2C[C@@H]3CC[C@@H]2C3)c1. The van der Waals surface area contributed by atoms with E-state index in [1.165, 1.54) is 31.2 Å². The van der Waals surface area contributed by atoms with Crippen LogP contribution < -0.4 is 10.1 Å². The summed E-state index contributed by atoms with van der Waals surface area (Å²) in [6, 6.07) is 17.4. The number of nitrogens with one attached hydrogen (secondary N) is 1. The highest BCUT2D eigenvalue weighted by atomic mass is 16.6. The van der Waals surface area contributed by atoms with Crippen molar-refractivity contribution in [1.82, 2.24) is 0 Å². The summed E-state index contributed by atoms with van der Waals surface area (Å²) in [5, 5.41) is 2.75. The predicted molar refractivity (Wildman–Crippen MR) is 90.7 cm³/mol. The smallest absolute Gasteiger partial charge is 0.410 e. The van der Waals surface area contributed by atoms with E-state index < -0.39 is 6.09 Å². The van der Waals surface area contributed by atoms with E-state index >= 15 is 0 Å². The number of rotatable bonds is 3. The molecule has 1 amide bonds. The quantitative estimate of drug-likeness (QED) is 0.846. The molecular formula is C20H21NO2. The molecule has 2 saturated carbocycles. The van der Waals surface area contributed by atoms with E-state index in [1.54, 1.807) is 0 Å². The summed E-state index contributed by atoms with van der Waals surface area (Å²) in [5.41, 5.74) is 2.06. The maximum absolute atomic E-state index is 12.0. The van der Waals surface area contributed by atoms with Crippen molar-refractivity contribution in [2.45, 2.75) is 31.6 Å². The number of carbonyl (C=O) groups excluding carboxylic acids is 1. The lowest BCUT2D eigenvalue weighted by molar-refractivity contribution is 0.215. The number of benzene rings is 2. The van der Waals surface area contributed by atoms with Crippen molar-refractivity contribution >= 4 is 11.8 Å². The van der Waals surface area contributed by atoms with Gasteiger partial charge in [-0.25, -0.2) is 4.79 Å². The van der Waals surface area contributed by atoms with Gasteiger partial charge in [-0.1, -0.05) is 36.8 Å². The van der Waals surface area contributed by atoms with Gasteiger partial charge in [-0.15, -0.1) is 0 Å². The highest BCUT2D eigenvalue weighted by Crippen LogP contribution is 2.53. The number of fused-ring (bicyclic) bond motifs is 2. The Morgan fingerprint density at radius 3 is 2.61 bits per heavy atom. The molecule has 2 bridgehead atoms. The van der Waals surface area contributed by atoms with E-state index in [-0.39, 0.29) is 0 Å². The molecule has 2 aromatic rings. The van der Waals surface area contributed by atoms with Gasteiger partial charge < -0.3 is 4.74 Å². The average molecular weight is 307 g/mol. The molecule has 0 heterocycles. The number of ether oxygens (including phenoxy) is 1. The molecule has 4 rings (SSSR count). The van der Waals surface area contributed by atoms with Crippen LogP contribution >= 0.6 is 0 Å². The Bertz CT molecular complexity index is 698. The van der Waals surface area contributed by atoms with Crippen LogP contribution in [-0.4, -0.2) is 6.09 Å². The molecule has 3 heteroatoms. The molecule has 118 valence electrons. The van der Waals surface area contributed by atoms with Gasteiger partial charge in [0.15, 0.2) is 0 Å². The number of para-hydroxylation sites is 1. The zero-order valence-corrected chi connectivity index (χ0v) is 13.1. The molecular weight excluding hydrogens is 286 g/mol. The Balaban J connectivity index is 1.43. The Labute approximate surface area is 136 Å². The monoisotopic (exact) mass is 307 g/mol. The molecule has 23 heavy (non-hydrogen) atoms. The summed E-state index contributed by atoms with van der Waals surface area (Å²) in [7, 11) is 0. The molecule has 0 radical (unpaired) electrons. The molecule has 0 saturated heterocycles. The van der Waals surface area contributed by atoms with Crippen LogP contribution in [0.2, 0.25) is 0 Å². The van der Waals surface area contributed by atoms with Crippen molar-refractivity contribution in [1.29, 1.82) is 0 Å². The van der Waals surface area contributed by atoms with E-state index in [0.717, 1.165) is 17.5 Å². The van der Waals surface area contributed by atoms with Crippen molar-refractivity contribution in [3.8, 4) is 5.75 Å². The van der Waals surface area contributed by atoms with Gasteiger partial charge in [0, 0.05) is 5.69 Å². The van der Waals surface area contributed by atoms with Gasteiger partial charge in [-0.05, 0) is 66.8 Å². The molecule has 3 nitrogen and oxygen atoms in total. The van der Waals surface area contributed by atoms with E-state index in [0.29, 0.717) is 11.7 Å². The molecule has 0 aromatic heterocycles. The number of amides is 1. The maximum atomic E-state index is 12.0. The van der Waals surface area contributed by atoms with Crippen molar-refractivity contribution in [2.24, 2.45) is 11.8 Å². The topological polar surface area (TPSA) is 38.3 Å². The Morgan fingerprint density at radius 1 is 1.00 bits per heavy atom. The van der Waals surface area contributed by atoms with E-state index in [1.807, 2.05) is 48.5 Å². The minimum atomic E-state index is -0.443. The zero-order chi connectivity index (χ0) is 15.6. The lowest BCUT2D eigenvalue weighted by Crippen LogP contribution is -2.17. The fourth-order valence-corrected chi connectivity index (χ4v) is 4.23. The molecule has 2 aliphatic carbocycles. The van der Waals surface area contributed by atoms with Gasteiger partial charge in [0.2, 0.25) is 0 Å². The molecule has 2 aliphatic rings. The van der Waals surface area contributed by atoms with Crippen LogP contribution in [0, 0.1) is 11.8 Å². The van der Waals surface area contributed by atoms with Crippen LogP contribution in [0.3, 0.4) is 0 Å². The molecule has 2 fully saturated rings. The summed E-state index contributed by atoms with van der Waals surface area (Å²) in [4.78, 5) is 12.0. The fraction of sp³-hybridized carbons (Fsp3) is 0.350. The Hall–Kier alpha value is -2.29. The molecule has 2 aromatic carbocycles. The highest BCUT2D eigenvalue weighted by molar-refractivity contribution is 5.86. The van der Waals surface area contributed by atoms with Crippen LogP contribution in [0.5, 0.6) is 5.75 Å². The first-order valence-corrected chi connectivity index (χ1v) is 8.42. The minimum Gasteiger partial charge on any atom is -0.410 e. The third-order valence-corrected chi connectivity index (χ3v) is 5.26. The van der Waals surface area contributed by atoms with Crippen molar-refractivity contribution in [3.05, 3.63) is 60.2 Å². The first kappa shape index (κ1) is 14.3. The Kier molecular flexibility index (Phi) is 3.78. The number of hydrogen-bond donors (Lipinski definition) is 1. The second-order valence-corrected chi connectivity index (χ2v) is 6.73. The van der Waals surface area contributed by atoms with E-state index in [9.17, 15) is 4.79 Å². The van der Waals surface area contributed by atoms with E-state index in [4.69, 9.17) is 4.74 Å². The van der Waals surface area contributed by atoms with Gasteiger partial charge in [0.1, 0.15) is 5.75 Å². The van der Waals surface area contributed by atoms with Gasteiger partial charge >= 0.3 is 6.09 Å². The second-order valence-electron chi connectivity index (χ2n) is 6.73. The van der Waals surface area contributed by atoms with Crippen LogP contribution in [0.1, 0.15) is 37.2 Å². The van der Waals surface area contributed by atoms with Gasteiger partial charge in [-0.3, -0.25) is 5.32 Å². The zero-order valence-electron chi connectivity index (χ0n) is 13.1. The largest absolute Gasteiger partial charge is 0.417 e. The summed E-state index contributed by atoms with van der Waals surface area (Å²) >= 11 is 0. The molecule has 0 unspecified atom stereocenters. The lowest BCUT2D eigenvalue weighted by Gasteiger charge is -2.22. The summed E-state index contributed by atoms with van der Waals surface area (Å²) in [6.07, 6.45) is 4.99. The van der Waals surface area contributed by atoms with Crippen LogP contribution in [0.4, 0.5) is 10.5 Å². The lowest BCUT2D eigenvalue weighted by atomic mass is 9.83. The van der Waals surface area contributed by atoms with Crippen molar-refractivity contribution in [3.63, 3.8) is 0 Å². The average Bonchev–Trinajstić information content (AvgIpc) is 3.19. The first-order valence-electron chi connectivity index (χ1n) is 8.42. The van der Waals surface area contributed by atoms with E-state index in [2.05, 4.69) is 11.4 Å². The van der Waals surface area contributed by atoms with Crippen molar-refractivity contribution in [2.75, 3.05) is 5.32 Å². The molecule has 3 atom stereocenters. The number of hydrogen-bond acceptors (Lipinski definition) is 2. The molecule has 0 spiro atoms. The minimum absolute atomic E-state index is 0.443. The van der Waals surface area contributed by atoms with Gasteiger partial charge in [0.05, 0.1) is 0 Å². The highest BCUT2D eigenvalue weighted by Gasteiger charge is 2.40. The van der Waals surface area contributed by atoms with Crippen LogP contribution in [0.15, 0.2) is 54.6 Å². The summed E-state index contributed by atoms with van der Waals surface area (Å²) in [6.45, 7) is 0. The van der Waals surface area contributed by atoms with Crippen LogP contribution in [0.25, 0.3) is 0 Å². The van der Waals surface area contributed by atoms with Gasteiger partial charge in [0.25, 0.3) is 0 Å².